The Balaban J connectivity index is 3.41. The maximum absolute atomic E-state index is 13.0. The van der Waals surface area contributed by atoms with Crippen LogP contribution in [0.4, 0.5) is 8.28 Å². The van der Waals surface area contributed by atoms with Gasteiger partial charge in [-0.3, -0.25) is 0 Å². The maximum Gasteiger partial charge on any atom is 0.335 e. The van der Waals surface area contributed by atoms with Crippen molar-refractivity contribution in [3.8, 4) is 5.75 Å². The van der Waals surface area contributed by atoms with E-state index in [0.29, 0.717) is 0 Å². The van der Waals surface area contributed by atoms with Gasteiger partial charge in [0.2, 0.25) is 0 Å². The van der Waals surface area contributed by atoms with Gasteiger partial charge in [0, 0.05) is 0 Å². The molecule has 0 N–H and O–H groups in total. The van der Waals surface area contributed by atoms with Crippen LogP contribution in [0, 0.1) is 5.82 Å². The Morgan fingerprint density at radius 3 is 2.46 bits per heavy atom. The monoisotopic (exact) mass is 208 g/mol. The van der Waals surface area contributed by atoms with Crippen molar-refractivity contribution in [2.45, 2.75) is 4.90 Å². The normalized spacial score (nSPS) is 11.3. The van der Waals surface area contributed by atoms with Gasteiger partial charge in [-0.1, -0.05) is 6.07 Å². The van der Waals surface area contributed by atoms with E-state index >= 15 is 0 Å². The minimum Gasteiger partial charge on any atom is -0.494 e. The number of rotatable bonds is 2. The smallest absolute Gasteiger partial charge is 0.335 e. The van der Waals surface area contributed by atoms with Crippen molar-refractivity contribution >= 4 is 10.2 Å². The fourth-order valence-corrected chi connectivity index (χ4v) is 1.39. The van der Waals surface area contributed by atoms with Crippen LogP contribution in [0.25, 0.3) is 0 Å². The number of hydrogen-bond donors (Lipinski definition) is 0. The van der Waals surface area contributed by atoms with Gasteiger partial charge in [0.05, 0.1) is 7.11 Å². The first kappa shape index (κ1) is 9.91. The Bertz CT molecular complexity index is 414. The molecule has 0 amide bonds. The molecule has 0 bridgehead atoms. The second-order valence-corrected chi connectivity index (χ2v) is 3.53. The molecule has 0 saturated carbocycles. The molecule has 72 valence electrons. The molecule has 0 aliphatic heterocycles. The SMILES string of the molecule is COc1cccc(S(=O)(=O)F)c1F. The van der Waals surface area contributed by atoms with Crippen molar-refractivity contribution in [2.24, 2.45) is 0 Å². The summed E-state index contributed by atoms with van der Waals surface area (Å²) in [4.78, 5) is -1.01. The van der Waals surface area contributed by atoms with Crippen LogP contribution in [0.2, 0.25) is 0 Å². The van der Waals surface area contributed by atoms with Gasteiger partial charge in [0.1, 0.15) is 4.90 Å². The molecular formula is C7H6F2O3S. The standard InChI is InChI=1S/C7H6F2O3S/c1-12-5-3-2-4-6(7(5)8)13(9,10)11/h2-4H,1H3. The summed E-state index contributed by atoms with van der Waals surface area (Å²) in [6, 6.07) is 3.21. The van der Waals surface area contributed by atoms with Crippen molar-refractivity contribution < 1.29 is 21.4 Å². The third kappa shape index (κ3) is 1.95. The number of halogens is 2. The van der Waals surface area contributed by atoms with Crippen LogP contribution in [0.1, 0.15) is 0 Å². The van der Waals surface area contributed by atoms with Gasteiger partial charge in [-0.2, -0.15) is 8.42 Å². The Morgan fingerprint density at radius 1 is 1.38 bits per heavy atom. The maximum atomic E-state index is 13.0. The van der Waals surface area contributed by atoms with Gasteiger partial charge < -0.3 is 4.74 Å². The lowest BCUT2D eigenvalue weighted by Gasteiger charge is -2.02. The lowest BCUT2D eigenvalue weighted by atomic mass is 10.3. The lowest BCUT2D eigenvalue weighted by Crippen LogP contribution is -1.98. The zero-order chi connectivity index (χ0) is 10.1. The van der Waals surface area contributed by atoms with Crippen LogP contribution in [-0.2, 0) is 10.2 Å². The van der Waals surface area contributed by atoms with E-state index in [1.54, 1.807) is 0 Å². The van der Waals surface area contributed by atoms with Crippen LogP contribution >= 0.6 is 0 Å². The first-order valence-electron chi connectivity index (χ1n) is 3.24. The van der Waals surface area contributed by atoms with Crippen molar-refractivity contribution in [3.05, 3.63) is 24.0 Å². The first-order chi connectivity index (χ1) is 5.96. The third-order valence-electron chi connectivity index (χ3n) is 1.41. The number of ether oxygens (including phenoxy) is 1. The predicted octanol–water partition coefficient (Wildman–Crippen LogP) is 1.49. The molecule has 0 fully saturated rings. The quantitative estimate of drug-likeness (QED) is 0.691. The number of benzene rings is 1. The molecule has 6 heteroatoms. The van der Waals surface area contributed by atoms with Gasteiger partial charge >= 0.3 is 10.2 Å². The molecule has 0 heterocycles. The summed E-state index contributed by atoms with van der Waals surface area (Å²) in [6.45, 7) is 0. The van der Waals surface area contributed by atoms with Gasteiger partial charge in [-0.15, -0.1) is 3.89 Å². The molecule has 13 heavy (non-hydrogen) atoms. The second-order valence-electron chi connectivity index (χ2n) is 2.21. The largest absolute Gasteiger partial charge is 0.494 e. The summed E-state index contributed by atoms with van der Waals surface area (Å²) in [7, 11) is -3.86. The highest BCUT2D eigenvalue weighted by molar-refractivity contribution is 7.86. The Labute approximate surface area is 74.2 Å². The molecule has 0 radical (unpaired) electrons. The molecule has 0 saturated heterocycles. The van der Waals surface area contributed by atoms with Gasteiger partial charge in [-0.05, 0) is 12.1 Å². The summed E-state index contributed by atoms with van der Waals surface area (Å²) in [6.07, 6.45) is 0. The van der Waals surface area contributed by atoms with Gasteiger partial charge in [0.25, 0.3) is 0 Å². The van der Waals surface area contributed by atoms with Gasteiger partial charge in [0.15, 0.2) is 11.6 Å². The summed E-state index contributed by atoms with van der Waals surface area (Å²) < 4.78 is 50.6. The van der Waals surface area contributed by atoms with E-state index in [-0.39, 0.29) is 5.75 Å². The fraction of sp³-hybridized carbons (Fsp3) is 0.143. The predicted molar refractivity (Wildman–Crippen MR) is 41.2 cm³/mol. The molecule has 3 nitrogen and oxygen atoms in total. The van der Waals surface area contributed by atoms with E-state index < -0.39 is 20.9 Å². The molecule has 0 aromatic heterocycles. The van der Waals surface area contributed by atoms with E-state index in [0.717, 1.165) is 13.2 Å². The highest BCUT2D eigenvalue weighted by atomic mass is 32.3. The Hall–Kier alpha value is -1.17. The third-order valence-corrected chi connectivity index (χ3v) is 2.25. The van der Waals surface area contributed by atoms with Crippen molar-refractivity contribution in [1.82, 2.24) is 0 Å². The molecule has 0 unspecified atom stereocenters. The summed E-state index contributed by atoms with van der Waals surface area (Å²) in [5.74, 6) is -1.52. The Kier molecular flexibility index (Phi) is 2.51. The van der Waals surface area contributed by atoms with Crippen LogP contribution in [0.15, 0.2) is 23.1 Å². The molecule has 1 rings (SSSR count). The molecule has 0 aliphatic carbocycles. The lowest BCUT2D eigenvalue weighted by molar-refractivity contribution is 0.380. The first-order valence-corrected chi connectivity index (χ1v) is 4.62. The van der Waals surface area contributed by atoms with E-state index in [2.05, 4.69) is 4.74 Å². The van der Waals surface area contributed by atoms with E-state index in [1.807, 2.05) is 0 Å². The number of hydrogen-bond acceptors (Lipinski definition) is 3. The van der Waals surface area contributed by atoms with Crippen LogP contribution in [0.5, 0.6) is 5.75 Å². The zero-order valence-corrected chi connectivity index (χ0v) is 7.44. The topological polar surface area (TPSA) is 43.4 Å². The molecule has 0 aliphatic rings. The highest BCUT2D eigenvalue weighted by Gasteiger charge is 2.20. The molecule has 1 aromatic rings. The van der Waals surface area contributed by atoms with Crippen molar-refractivity contribution in [2.75, 3.05) is 7.11 Å². The molecule has 1 aromatic carbocycles. The molecule has 0 spiro atoms. The van der Waals surface area contributed by atoms with Crippen LogP contribution in [0.3, 0.4) is 0 Å². The molecular weight excluding hydrogens is 202 g/mol. The van der Waals surface area contributed by atoms with E-state index in [1.165, 1.54) is 12.1 Å². The summed E-state index contributed by atoms with van der Waals surface area (Å²) in [5, 5.41) is 0. The van der Waals surface area contributed by atoms with Crippen molar-refractivity contribution in [1.29, 1.82) is 0 Å². The van der Waals surface area contributed by atoms with E-state index in [4.69, 9.17) is 0 Å². The second kappa shape index (κ2) is 3.29. The highest BCUT2D eigenvalue weighted by Crippen LogP contribution is 2.24. The van der Waals surface area contributed by atoms with Crippen LogP contribution in [-0.4, -0.2) is 15.5 Å². The van der Waals surface area contributed by atoms with Crippen molar-refractivity contribution in [3.63, 3.8) is 0 Å². The minimum absolute atomic E-state index is 0.307. The fourth-order valence-electron chi connectivity index (χ4n) is 0.837. The average molecular weight is 208 g/mol. The average Bonchev–Trinajstić information content (AvgIpc) is 2.02. The van der Waals surface area contributed by atoms with Crippen LogP contribution < -0.4 is 4.74 Å². The minimum atomic E-state index is -5.02. The Morgan fingerprint density at radius 2 is 2.00 bits per heavy atom. The van der Waals surface area contributed by atoms with Gasteiger partial charge in [-0.25, -0.2) is 4.39 Å². The summed E-state index contributed by atoms with van der Waals surface area (Å²) in [5.41, 5.74) is 0. The molecule has 0 atom stereocenters. The summed E-state index contributed by atoms with van der Waals surface area (Å²) >= 11 is 0. The zero-order valence-electron chi connectivity index (χ0n) is 6.62. The number of methoxy groups -OCH3 is 1. The van der Waals surface area contributed by atoms with E-state index in [9.17, 15) is 16.7 Å².